The molecule has 0 amide bonds. The summed E-state index contributed by atoms with van der Waals surface area (Å²) in [6, 6.07) is 24.9. The van der Waals surface area contributed by atoms with Crippen LogP contribution < -0.4 is 5.32 Å². The zero-order valence-corrected chi connectivity index (χ0v) is 15.5. The van der Waals surface area contributed by atoms with Crippen LogP contribution in [-0.4, -0.2) is 31.1 Å². The highest BCUT2D eigenvalue weighted by molar-refractivity contribution is 7.10. The fourth-order valence-electron chi connectivity index (χ4n) is 4.23. The van der Waals surface area contributed by atoms with Crippen molar-refractivity contribution in [1.29, 1.82) is 0 Å². The lowest BCUT2D eigenvalue weighted by atomic mass is 9.92. The molecule has 0 saturated carbocycles. The average Bonchev–Trinajstić information content (AvgIpc) is 3.23. The highest BCUT2D eigenvalue weighted by Crippen LogP contribution is 2.39. The number of rotatable bonds is 3. The lowest BCUT2D eigenvalue weighted by molar-refractivity contribution is 0.201. The first kappa shape index (κ1) is 16.0. The summed E-state index contributed by atoms with van der Waals surface area (Å²) in [6.07, 6.45) is 0. The predicted molar refractivity (Wildman–Crippen MR) is 112 cm³/mol. The Morgan fingerprint density at radius 1 is 0.808 bits per heavy atom. The van der Waals surface area contributed by atoms with E-state index in [1.165, 1.54) is 32.0 Å². The van der Waals surface area contributed by atoms with Gasteiger partial charge in [-0.15, -0.1) is 11.3 Å². The van der Waals surface area contributed by atoms with Gasteiger partial charge in [-0.3, -0.25) is 4.90 Å². The predicted octanol–water partition coefficient (Wildman–Crippen LogP) is 5.05. The van der Waals surface area contributed by atoms with Crippen molar-refractivity contribution < 1.29 is 0 Å². The molecule has 1 aliphatic rings. The zero-order chi connectivity index (χ0) is 17.3. The van der Waals surface area contributed by atoms with E-state index in [1.807, 2.05) is 11.3 Å². The Kier molecular flexibility index (Phi) is 4.21. The second-order valence-electron chi connectivity index (χ2n) is 6.94. The molecule has 4 aromatic rings. The lowest BCUT2D eigenvalue weighted by Crippen LogP contribution is -2.45. The zero-order valence-electron chi connectivity index (χ0n) is 14.7. The summed E-state index contributed by atoms with van der Waals surface area (Å²) in [5, 5.41) is 11.1. The summed E-state index contributed by atoms with van der Waals surface area (Å²) < 4.78 is 0. The maximum Gasteiger partial charge on any atom is 0.0703 e. The molecule has 26 heavy (non-hydrogen) atoms. The van der Waals surface area contributed by atoms with Crippen molar-refractivity contribution in [2.24, 2.45) is 0 Å². The normalized spacial score (nSPS) is 16.9. The maximum atomic E-state index is 3.49. The van der Waals surface area contributed by atoms with Crippen LogP contribution in [0, 0.1) is 0 Å². The molecule has 3 aromatic carbocycles. The summed E-state index contributed by atoms with van der Waals surface area (Å²) in [4.78, 5) is 4.08. The molecule has 0 aliphatic carbocycles. The van der Waals surface area contributed by atoms with Crippen molar-refractivity contribution in [2.75, 3.05) is 26.2 Å². The highest BCUT2D eigenvalue weighted by Gasteiger charge is 2.26. The molecular formula is C23H22N2S. The van der Waals surface area contributed by atoms with E-state index in [0.717, 1.165) is 26.2 Å². The van der Waals surface area contributed by atoms with Gasteiger partial charge in [0.25, 0.3) is 0 Å². The van der Waals surface area contributed by atoms with Gasteiger partial charge in [-0.25, -0.2) is 0 Å². The van der Waals surface area contributed by atoms with Crippen LogP contribution in [0.4, 0.5) is 0 Å². The number of hydrogen-bond donors (Lipinski definition) is 1. The second kappa shape index (κ2) is 6.84. The largest absolute Gasteiger partial charge is 0.314 e. The van der Waals surface area contributed by atoms with Gasteiger partial charge >= 0.3 is 0 Å². The molecule has 1 saturated heterocycles. The molecule has 1 N–H and O–H groups in total. The third kappa shape index (κ3) is 2.73. The number of piperazine rings is 1. The molecule has 0 spiro atoms. The van der Waals surface area contributed by atoms with E-state index in [0.29, 0.717) is 6.04 Å². The minimum atomic E-state index is 0.326. The van der Waals surface area contributed by atoms with Gasteiger partial charge in [-0.2, -0.15) is 0 Å². The number of nitrogens with zero attached hydrogens (tertiary/aromatic N) is 1. The van der Waals surface area contributed by atoms with Gasteiger partial charge in [0.2, 0.25) is 0 Å². The van der Waals surface area contributed by atoms with Gasteiger partial charge in [0, 0.05) is 31.1 Å². The SMILES string of the molecule is c1csc([C@H](c2cc3ccccc3c3ccccc23)N2CCNCC2)c1. The molecular weight excluding hydrogens is 336 g/mol. The number of fused-ring (bicyclic) bond motifs is 3. The quantitative estimate of drug-likeness (QED) is 0.516. The van der Waals surface area contributed by atoms with Crippen LogP contribution >= 0.6 is 11.3 Å². The highest BCUT2D eigenvalue weighted by atomic mass is 32.1. The van der Waals surface area contributed by atoms with Gasteiger partial charge in [-0.1, -0.05) is 54.6 Å². The third-order valence-electron chi connectivity index (χ3n) is 5.42. The van der Waals surface area contributed by atoms with Crippen LogP contribution in [0.1, 0.15) is 16.5 Å². The van der Waals surface area contributed by atoms with Crippen molar-refractivity contribution in [3.05, 3.63) is 82.6 Å². The van der Waals surface area contributed by atoms with Gasteiger partial charge in [0.15, 0.2) is 0 Å². The molecule has 130 valence electrons. The molecule has 0 bridgehead atoms. The Morgan fingerprint density at radius 3 is 2.31 bits per heavy atom. The smallest absolute Gasteiger partial charge is 0.0703 e. The van der Waals surface area contributed by atoms with Gasteiger partial charge in [0.1, 0.15) is 0 Å². The fourth-order valence-corrected chi connectivity index (χ4v) is 5.10. The van der Waals surface area contributed by atoms with E-state index < -0.39 is 0 Å². The van der Waals surface area contributed by atoms with E-state index in [2.05, 4.69) is 82.3 Å². The van der Waals surface area contributed by atoms with Crippen molar-refractivity contribution in [1.82, 2.24) is 10.2 Å². The topological polar surface area (TPSA) is 15.3 Å². The Labute approximate surface area is 158 Å². The Hall–Kier alpha value is -2.20. The van der Waals surface area contributed by atoms with E-state index in [4.69, 9.17) is 0 Å². The summed E-state index contributed by atoms with van der Waals surface area (Å²) >= 11 is 1.87. The standard InChI is InChI=1S/C23H22N2S/c1-2-7-18-17(6-1)16-21(20-9-4-3-8-19(18)20)23(22-10-5-15-26-22)25-13-11-24-12-14-25/h1-10,15-16,23-24H,11-14H2/t23-/m0/s1. The van der Waals surface area contributed by atoms with Crippen molar-refractivity contribution in [3.63, 3.8) is 0 Å². The van der Waals surface area contributed by atoms with Gasteiger partial charge < -0.3 is 5.32 Å². The van der Waals surface area contributed by atoms with Crippen LogP contribution in [0.25, 0.3) is 21.5 Å². The van der Waals surface area contributed by atoms with Crippen LogP contribution in [0.3, 0.4) is 0 Å². The first-order chi connectivity index (χ1) is 12.9. The van der Waals surface area contributed by atoms with Crippen molar-refractivity contribution in [3.8, 4) is 0 Å². The average molecular weight is 359 g/mol. The number of benzene rings is 3. The number of hydrogen-bond acceptors (Lipinski definition) is 3. The summed E-state index contributed by atoms with van der Waals surface area (Å²) in [6.45, 7) is 4.30. The molecule has 0 radical (unpaired) electrons. The van der Waals surface area contributed by atoms with Gasteiger partial charge in [-0.05, 0) is 44.6 Å². The third-order valence-corrected chi connectivity index (χ3v) is 6.35. The molecule has 1 atom stereocenters. The van der Waals surface area contributed by atoms with E-state index >= 15 is 0 Å². The summed E-state index contributed by atoms with van der Waals surface area (Å²) in [5.74, 6) is 0. The van der Waals surface area contributed by atoms with Crippen LogP contribution in [-0.2, 0) is 0 Å². The Balaban J connectivity index is 1.78. The van der Waals surface area contributed by atoms with Crippen molar-refractivity contribution in [2.45, 2.75) is 6.04 Å². The number of thiophene rings is 1. The Bertz CT molecular complexity index is 1030. The molecule has 2 nitrogen and oxygen atoms in total. The molecule has 1 aromatic heterocycles. The summed E-state index contributed by atoms with van der Waals surface area (Å²) in [5.41, 5.74) is 1.43. The Morgan fingerprint density at radius 2 is 1.54 bits per heavy atom. The van der Waals surface area contributed by atoms with E-state index in [1.54, 1.807) is 0 Å². The molecule has 3 heteroatoms. The molecule has 1 fully saturated rings. The maximum absolute atomic E-state index is 3.49. The van der Waals surface area contributed by atoms with E-state index in [-0.39, 0.29) is 0 Å². The lowest BCUT2D eigenvalue weighted by Gasteiger charge is -2.35. The van der Waals surface area contributed by atoms with Crippen LogP contribution in [0.5, 0.6) is 0 Å². The first-order valence-corrected chi connectivity index (χ1v) is 10.2. The molecule has 2 heterocycles. The minimum Gasteiger partial charge on any atom is -0.314 e. The van der Waals surface area contributed by atoms with Crippen LogP contribution in [0.2, 0.25) is 0 Å². The fraction of sp³-hybridized carbons (Fsp3) is 0.217. The minimum absolute atomic E-state index is 0.326. The molecule has 0 unspecified atom stereocenters. The first-order valence-electron chi connectivity index (χ1n) is 9.30. The molecule has 5 rings (SSSR count). The monoisotopic (exact) mass is 358 g/mol. The molecule has 1 aliphatic heterocycles. The summed E-state index contributed by atoms with van der Waals surface area (Å²) in [7, 11) is 0. The van der Waals surface area contributed by atoms with Gasteiger partial charge in [0.05, 0.1) is 6.04 Å². The van der Waals surface area contributed by atoms with Crippen molar-refractivity contribution >= 4 is 32.9 Å². The van der Waals surface area contributed by atoms with Crippen LogP contribution in [0.15, 0.2) is 72.1 Å². The van der Waals surface area contributed by atoms with E-state index in [9.17, 15) is 0 Å². The number of nitrogens with one attached hydrogen (secondary N) is 1. The second-order valence-corrected chi connectivity index (χ2v) is 7.92.